The molecule has 0 saturated heterocycles. The predicted molar refractivity (Wildman–Crippen MR) is 77.5 cm³/mol. The second kappa shape index (κ2) is 5.96. The van der Waals surface area contributed by atoms with Gasteiger partial charge in [0.05, 0.1) is 11.0 Å². The van der Waals surface area contributed by atoms with Gasteiger partial charge in [0.1, 0.15) is 0 Å². The van der Waals surface area contributed by atoms with Crippen molar-refractivity contribution in [2.24, 2.45) is 0 Å². The standard InChI is InChI=1S/C15H18N4O/c20-15(19-7-1-6-16-12-3-4-12)11-2-5-13-14(10-11)18-9-8-17-13/h2,5,8-10,12,16H,1,3-4,6-7H2,(H,19,20). The van der Waals surface area contributed by atoms with Crippen LogP contribution in [0.15, 0.2) is 30.6 Å². The maximum absolute atomic E-state index is 12.0. The molecule has 5 nitrogen and oxygen atoms in total. The van der Waals surface area contributed by atoms with Gasteiger partial charge in [0.15, 0.2) is 0 Å². The summed E-state index contributed by atoms with van der Waals surface area (Å²) in [5.41, 5.74) is 2.18. The molecular formula is C15H18N4O. The highest BCUT2D eigenvalue weighted by Gasteiger charge is 2.19. The zero-order valence-electron chi connectivity index (χ0n) is 11.3. The summed E-state index contributed by atoms with van der Waals surface area (Å²) >= 11 is 0. The van der Waals surface area contributed by atoms with Gasteiger partial charge in [0.25, 0.3) is 5.91 Å². The minimum absolute atomic E-state index is 0.0519. The van der Waals surface area contributed by atoms with Crippen molar-refractivity contribution in [2.75, 3.05) is 13.1 Å². The van der Waals surface area contributed by atoms with Crippen LogP contribution in [0.5, 0.6) is 0 Å². The lowest BCUT2D eigenvalue weighted by molar-refractivity contribution is 0.0953. The maximum atomic E-state index is 12.0. The van der Waals surface area contributed by atoms with Crippen molar-refractivity contribution in [3.8, 4) is 0 Å². The Labute approximate surface area is 117 Å². The summed E-state index contributed by atoms with van der Waals surface area (Å²) in [6.45, 7) is 1.66. The molecule has 1 heterocycles. The van der Waals surface area contributed by atoms with Crippen LogP contribution in [0.2, 0.25) is 0 Å². The molecule has 104 valence electrons. The molecule has 0 aliphatic heterocycles. The Morgan fingerprint density at radius 3 is 2.75 bits per heavy atom. The number of benzene rings is 1. The second-order valence-electron chi connectivity index (χ2n) is 5.10. The minimum Gasteiger partial charge on any atom is -0.352 e. The van der Waals surface area contributed by atoms with Crippen molar-refractivity contribution >= 4 is 16.9 Å². The van der Waals surface area contributed by atoms with Gasteiger partial charge in [-0.3, -0.25) is 14.8 Å². The van der Waals surface area contributed by atoms with Gasteiger partial charge < -0.3 is 10.6 Å². The number of nitrogens with one attached hydrogen (secondary N) is 2. The molecule has 2 N–H and O–H groups in total. The second-order valence-corrected chi connectivity index (χ2v) is 5.10. The highest BCUT2D eigenvalue weighted by Crippen LogP contribution is 2.18. The average Bonchev–Trinajstić information content (AvgIpc) is 3.30. The number of hydrogen-bond acceptors (Lipinski definition) is 4. The molecule has 0 bridgehead atoms. The fourth-order valence-electron chi connectivity index (χ4n) is 2.09. The molecule has 1 amide bonds. The Morgan fingerprint density at radius 2 is 1.95 bits per heavy atom. The fraction of sp³-hybridized carbons (Fsp3) is 0.400. The first kappa shape index (κ1) is 13.0. The Hall–Kier alpha value is -2.01. The van der Waals surface area contributed by atoms with Crippen LogP contribution in [0.1, 0.15) is 29.6 Å². The highest BCUT2D eigenvalue weighted by molar-refractivity contribution is 5.97. The molecule has 0 radical (unpaired) electrons. The van der Waals surface area contributed by atoms with Crippen molar-refractivity contribution in [1.82, 2.24) is 20.6 Å². The zero-order chi connectivity index (χ0) is 13.8. The van der Waals surface area contributed by atoms with Crippen LogP contribution in [-0.4, -0.2) is 35.0 Å². The number of rotatable bonds is 6. The van der Waals surface area contributed by atoms with Crippen LogP contribution in [0.3, 0.4) is 0 Å². The molecule has 0 spiro atoms. The number of hydrogen-bond donors (Lipinski definition) is 2. The summed E-state index contributed by atoms with van der Waals surface area (Å²) in [6.07, 6.45) is 6.83. The zero-order valence-corrected chi connectivity index (χ0v) is 11.3. The van der Waals surface area contributed by atoms with E-state index in [0.29, 0.717) is 12.1 Å². The van der Waals surface area contributed by atoms with Crippen LogP contribution in [0, 0.1) is 0 Å². The SMILES string of the molecule is O=C(NCCCNC1CC1)c1ccc2nccnc2c1. The third-order valence-electron chi connectivity index (χ3n) is 3.38. The average molecular weight is 270 g/mol. The maximum Gasteiger partial charge on any atom is 0.251 e. The molecule has 0 atom stereocenters. The summed E-state index contributed by atoms with van der Waals surface area (Å²) in [5, 5.41) is 6.36. The monoisotopic (exact) mass is 270 g/mol. The number of carbonyl (C=O) groups is 1. The molecule has 0 unspecified atom stereocenters. The van der Waals surface area contributed by atoms with Gasteiger partial charge in [0, 0.05) is 30.5 Å². The summed E-state index contributed by atoms with van der Waals surface area (Å²) in [4.78, 5) is 20.4. The Bertz CT molecular complexity index is 610. The van der Waals surface area contributed by atoms with E-state index in [1.54, 1.807) is 24.5 Å². The summed E-state index contributed by atoms with van der Waals surface area (Å²) < 4.78 is 0. The van der Waals surface area contributed by atoms with Crippen LogP contribution >= 0.6 is 0 Å². The van der Waals surface area contributed by atoms with Gasteiger partial charge in [-0.15, -0.1) is 0 Å². The third kappa shape index (κ3) is 3.30. The Kier molecular flexibility index (Phi) is 3.87. The van der Waals surface area contributed by atoms with E-state index in [4.69, 9.17) is 0 Å². The molecule has 1 aliphatic rings. The molecule has 1 aromatic heterocycles. The number of nitrogens with zero attached hydrogens (tertiary/aromatic N) is 2. The summed E-state index contributed by atoms with van der Waals surface area (Å²) in [6, 6.07) is 6.12. The first-order valence-electron chi connectivity index (χ1n) is 7.05. The van der Waals surface area contributed by atoms with Crippen LogP contribution in [-0.2, 0) is 0 Å². The van der Waals surface area contributed by atoms with E-state index in [-0.39, 0.29) is 5.91 Å². The smallest absolute Gasteiger partial charge is 0.251 e. The lowest BCUT2D eigenvalue weighted by Crippen LogP contribution is -2.27. The molecule has 1 saturated carbocycles. The first-order valence-corrected chi connectivity index (χ1v) is 7.05. The van der Waals surface area contributed by atoms with Crippen LogP contribution < -0.4 is 10.6 Å². The van der Waals surface area contributed by atoms with E-state index in [9.17, 15) is 4.79 Å². The fourth-order valence-corrected chi connectivity index (χ4v) is 2.09. The number of aromatic nitrogens is 2. The normalized spacial score (nSPS) is 14.4. The number of amides is 1. The van der Waals surface area contributed by atoms with Crippen molar-refractivity contribution < 1.29 is 4.79 Å². The summed E-state index contributed by atoms with van der Waals surface area (Å²) in [5.74, 6) is -0.0519. The van der Waals surface area contributed by atoms with E-state index < -0.39 is 0 Å². The van der Waals surface area contributed by atoms with Gasteiger partial charge in [-0.05, 0) is 44.0 Å². The quantitative estimate of drug-likeness (QED) is 0.781. The van der Waals surface area contributed by atoms with Crippen molar-refractivity contribution in [1.29, 1.82) is 0 Å². The first-order chi connectivity index (χ1) is 9.83. The lowest BCUT2D eigenvalue weighted by Gasteiger charge is -2.06. The molecule has 1 aromatic carbocycles. The molecule has 1 aliphatic carbocycles. The molecule has 2 aromatic rings. The van der Waals surface area contributed by atoms with Crippen LogP contribution in [0.4, 0.5) is 0 Å². The van der Waals surface area contributed by atoms with Crippen molar-refractivity contribution in [3.63, 3.8) is 0 Å². The molecular weight excluding hydrogens is 252 g/mol. The summed E-state index contributed by atoms with van der Waals surface area (Å²) in [7, 11) is 0. The van der Waals surface area contributed by atoms with Gasteiger partial charge >= 0.3 is 0 Å². The van der Waals surface area contributed by atoms with Gasteiger partial charge in [-0.1, -0.05) is 0 Å². The highest BCUT2D eigenvalue weighted by atomic mass is 16.1. The Balaban J connectivity index is 1.51. The van der Waals surface area contributed by atoms with E-state index in [1.807, 2.05) is 6.07 Å². The number of fused-ring (bicyclic) bond motifs is 1. The topological polar surface area (TPSA) is 66.9 Å². The van der Waals surface area contributed by atoms with Gasteiger partial charge in [-0.2, -0.15) is 0 Å². The minimum atomic E-state index is -0.0519. The molecule has 5 heteroatoms. The third-order valence-corrected chi connectivity index (χ3v) is 3.38. The largest absolute Gasteiger partial charge is 0.352 e. The van der Waals surface area contributed by atoms with E-state index in [2.05, 4.69) is 20.6 Å². The van der Waals surface area contributed by atoms with Crippen molar-refractivity contribution in [3.05, 3.63) is 36.2 Å². The van der Waals surface area contributed by atoms with Gasteiger partial charge in [0.2, 0.25) is 0 Å². The van der Waals surface area contributed by atoms with E-state index in [1.165, 1.54) is 12.8 Å². The van der Waals surface area contributed by atoms with Gasteiger partial charge in [-0.25, -0.2) is 0 Å². The molecule has 3 rings (SSSR count). The molecule has 1 fully saturated rings. The van der Waals surface area contributed by atoms with E-state index >= 15 is 0 Å². The van der Waals surface area contributed by atoms with Crippen LogP contribution in [0.25, 0.3) is 11.0 Å². The number of carbonyl (C=O) groups excluding carboxylic acids is 1. The molecule has 20 heavy (non-hydrogen) atoms. The lowest BCUT2D eigenvalue weighted by atomic mass is 10.2. The Morgan fingerprint density at radius 1 is 1.15 bits per heavy atom. The van der Waals surface area contributed by atoms with Crippen molar-refractivity contribution in [2.45, 2.75) is 25.3 Å². The predicted octanol–water partition coefficient (Wildman–Crippen LogP) is 1.50. The van der Waals surface area contributed by atoms with E-state index in [0.717, 1.165) is 30.0 Å².